The highest BCUT2D eigenvalue weighted by Gasteiger charge is 2.15. The third-order valence-electron chi connectivity index (χ3n) is 2.91. The highest BCUT2D eigenvalue weighted by atomic mass is 32.2. The third-order valence-corrected chi connectivity index (χ3v) is 4.36. The van der Waals surface area contributed by atoms with Crippen molar-refractivity contribution in [2.45, 2.75) is 23.6 Å². The maximum absolute atomic E-state index is 12.6. The number of hydrogen-bond acceptors (Lipinski definition) is 2. The van der Waals surface area contributed by atoms with Crippen molar-refractivity contribution in [3.05, 3.63) is 71.8 Å². The summed E-state index contributed by atoms with van der Waals surface area (Å²) in [6.45, 7) is 3.77. The second-order valence-corrected chi connectivity index (χ2v) is 5.89. The summed E-state index contributed by atoms with van der Waals surface area (Å²) < 4.78 is 12.6. The topological polar surface area (TPSA) is 34.1 Å². The van der Waals surface area contributed by atoms with Gasteiger partial charge in [0.2, 0.25) is 0 Å². The van der Waals surface area contributed by atoms with Crippen LogP contribution >= 0.6 is 0 Å². The first-order valence-corrected chi connectivity index (χ1v) is 7.53. The predicted octanol–water partition coefficient (Wildman–Crippen LogP) is 3.92. The molecule has 2 aromatic carbocycles. The van der Waals surface area contributed by atoms with Crippen LogP contribution in [0.15, 0.2) is 70.5 Å². The molecule has 0 saturated carbocycles. The maximum Gasteiger partial charge on any atom is 0.186 e. The average molecular weight is 284 g/mol. The van der Waals surface area contributed by atoms with E-state index in [1.54, 1.807) is 37.3 Å². The smallest absolute Gasteiger partial charge is 0.186 e. The number of rotatable bonds is 4. The summed E-state index contributed by atoms with van der Waals surface area (Å²) in [5.74, 6) is -0.122. The molecule has 3 heteroatoms. The van der Waals surface area contributed by atoms with Gasteiger partial charge >= 0.3 is 0 Å². The third kappa shape index (κ3) is 3.11. The summed E-state index contributed by atoms with van der Waals surface area (Å²) >= 11 is 0. The Morgan fingerprint density at radius 1 is 1.05 bits per heavy atom. The molecule has 0 aromatic heterocycles. The second kappa shape index (κ2) is 6.44. The number of carbonyl (C=O) groups excluding carboxylic acids is 1. The molecule has 0 aliphatic rings. The molecule has 0 amide bonds. The number of benzene rings is 2. The van der Waals surface area contributed by atoms with E-state index in [1.165, 1.54) is 6.08 Å². The lowest BCUT2D eigenvalue weighted by Crippen LogP contribution is -2.03. The zero-order chi connectivity index (χ0) is 14.5. The van der Waals surface area contributed by atoms with Gasteiger partial charge in [0, 0.05) is 10.5 Å². The lowest BCUT2D eigenvalue weighted by atomic mass is 10.1. The van der Waals surface area contributed by atoms with E-state index in [9.17, 15) is 9.00 Å². The Hall–Kier alpha value is -2.00. The Labute approximate surface area is 121 Å². The molecule has 0 radical (unpaired) electrons. The maximum atomic E-state index is 12.6. The Kier molecular flexibility index (Phi) is 4.64. The molecule has 102 valence electrons. The average Bonchev–Trinajstić information content (AvgIpc) is 2.47. The van der Waals surface area contributed by atoms with E-state index in [2.05, 4.69) is 0 Å². The molecule has 0 spiro atoms. The standard InChI is InChI=1S/C17H16O2S/c1-3-6-16(18)15-7-4-5-8-17(15)20(19)14-11-9-13(2)10-12-14/h3-12H,1-2H3/b6-3-. The summed E-state index contributed by atoms with van der Waals surface area (Å²) in [5.41, 5.74) is 1.61. The molecule has 0 aliphatic heterocycles. The Bertz CT molecular complexity index is 670. The van der Waals surface area contributed by atoms with E-state index in [0.29, 0.717) is 15.4 Å². The van der Waals surface area contributed by atoms with E-state index in [0.717, 1.165) is 5.56 Å². The number of ketones is 1. The first kappa shape index (κ1) is 14.4. The molecule has 0 N–H and O–H groups in total. The molecule has 1 atom stereocenters. The molecule has 2 aromatic rings. The van der Waals surface area contributed by atoms with Crippen molar-refractivity contribution in [3.63, 3.8) is 0 Å². The fourth-order valence-electron chi connectivity index (χ4n) is 1.86. The van der Waals surface area contributed by atoms with E-state index in [1.807, 2.05) is 31.2 Å². The summed E-state index contributed by atoms with van der Waals surface area (Å²) in [5, 5.41) is 0. The van der Waals surface area contributed by atoms with Crippen LogP contribution in [0.4, 0.5) is 0 Å². The molecule has 0 heterocycles. The zero-order valence-electron chi connectivity index (χ0n) is 11.5. The van der Waals surface area contributed by atoms with Crippen molar-refractivity contribution in [2.24, 2.45) is 0 Å². The molecule has 1 unspecified atom stereocenters. The van der Waals surface area contributed by atoms with Crippen molar-refractivity contribution in [1.29, 1.82) is 0 Å². The zero-order valence-corrected chi connectivity index (χ0v) is 12.3. The van der Waals surface area contributed by atoms with Crippen LogP contribution in [0, 0.1) is 6.92 Å². The van der Waals surface area contributed by atoms with Gasteiger partial charge in [-0.3, -0.25) is 4.79 Å². The highest BCUT2D eigenvalue weighted by Crippen LogP contribution is 2.21. The van der Waals surface area contributed by atoms with Gasteiger partial charge in [-0.1, -0.05) is 35.9 Å². The molecule has 0 bridgehead atoms. The number of carbonyl (C=O) groups is 1. The lowest BCUT2D eigenvalue weighted by Gasteiger charge is -2.07. The van der Waals surface area contributed by atoms with Gasteiger partial charge in [0.1, 0.15) is 0 Å². The first-order valence-electron chi connectivity index (χ1n) is 6.38. The fraction of sp³-hybridized carbons (Fsp3) is 0.118. The summed E-state index contributed by atoms with van der Waals surface area (Å²) in [7, 11) is -1.35. The fourth-order valence-corrected chi connectivity index (χ4v) is 3.07. The van der Waals surface area contributed by atoms with Gasteiger partial charge in [0.05, 0.1) is 15.7 Å². The van der Waals surface area contributed by atoms with Crippen molar-refractivity contribution < 1.29 is 9.00 Å². The molecule has 0 fully saturated rings. The van der Waals surface area contributed by atoms with Crippen LogP contribution in [0.3, 0.4) is 0 Å². The molecule has 0 aliphatic carbocycles. The normalized spacial score (nSPS) is 12.5. The molecular weight excluding hydrogens is 268 g/mol. The highest BCUT2D eigenvalue weighted by molar-refractivity contribution is 7.85. The van der Waals surface area contributed by atoms with Gasteiger partial charge in [-0.25, -0.2) is 4.21 Å². The van der Waals surface area contributed by atoms with Crippen molar-refractivity contribution in [2.75, 3.05) is 0 Å². The summed E-state index contributed by atoms with van der Waals surface area (Å²) in [6, 6.07) is 14.6. The monoisotopic (exact) mass is 284 g/mol. The van der Waals surface area contributed by atoms with Crippen molar-refractivity contribution in [1.82, 2.24) is 0 Å². The Morgan fingerprint density at radius 2 is 1.70 bits per heavy atom. The van der Waals surface area contributed by atoms with Gasteiger partial charge in [-0.05, 0) is 44.2 Å². The van der Waals surface area contributed by atoms with Crippen molar-refractivity contribution in [3.8, 4) is 0 Å². The predicted molar refractivity (Wildman–Crippen MR) is 81.4 cm³/mol. The van der Waals surface area contributed by atoms with Crippen LogP contribution in [0.2, 0.25) is 0 Å². The minimum atomic E-state index is -1.35. The van der Waals surface area contributed by atoms with Crippen LogP contribution in [0.1, 0.15) is 22.8 Å². The molecule has 2 rings (SSSR count). The largest absolute Gasteiger partial charge is 0.289 e. The van der Waals surface area contributed by atoms with Crippen LogP contribution in [-0.2, 0) is 10.8 Å². The molecular formula is C17H16O2S. The number of aryl methyl sites for hydroxylation is 1. The molecule has 0 saturated heterocycles. The summed E-state index contributed by atoms with van der Waals surface area (Å²) in [4.78, 5) is 13.3. The van der Waals surface area contributed by atoms with E-state index in [4.69, 9.17) is 0 Å². The molecule has 20 heavy (non-hydrogen) atoms. The van der Waals surface area contributed by atoms with Gasteiger partial charge in [-0.2, -0.15) is 0 Å². The minimum absolute atomic E-state index is 0.122. The van der Waals surface area contributed by atoms with E-state index >= 15 is 0 Å². The second-order valence-electron chi connectivity index (χ2n) is 4.44. The van der Waals surface area contributed by atoms with Crippen LogP contribution < -0.4 is 0 Å². The number of allylic oxidation sites excluding steroid dienone is 2. The SMILES string of the molecule is C/C=C\C(=O)c1ccccc1S(=O)c1ccc(C)cc1. The van der Waals surface area contributed by atoms with Crippen LogP contribution in [0.25, 0.3) is 0 Å². The van der Waals surface area contributed by atoms with Gasteiger partial charge in [0.15, 0.2) is 5.78 Å². The van der Waals surface area contributed by atoms with E-state index in [-0.39, 0.29) is 5.78 Å². The first-order chi connectivity index (χ1) is 9.63. The van der Waals surface area contributed by atoms with E-state index < -0.39 is 10.8 Å². The summed E-state index contributed by atoms with van der Waals surface area (Å²) in [6.07, 6.45) is 3.18. The lowest BCUT2D eigenvalue weighted by molar-refractivity contribution is 0.104. The minimum Gasteiger partial charge on any atom is -0.289 e. The van der Waals surface area contributed by atoms with Gasteiger partial charge in [-0.15, -0.1) is 0 Å². The Morgan fingerprint density at radius 3 is 2.35 bits per heavy atom. The Balaban J connectivity index is 2.45. The van der Waals surface area contributed by atoms with Gasteiger partial charge in [0.25, 0.3) is 0 Å². The van der Waals surface area contributed by atoms with Gasteiger partial charge < -0.3 is 0 Å². The van der Waals surface area contributed by atoms with Crippen LogP contribution in [0.5, 0.6) is 0 Å². The number of hydrogen-bond donors (Lipinski definition) is 0. The van der Waals surface area contributed by atoms with Crippen LogP contribution in [-0.4, -0.2) is 9.99 Å². The quantitative estimate of drug-likeness (QED) is 0.630. The van der Waals surface area contributed by atoms with Crippen molar-refractivity contribution >= 4 is 16.6 Å². The molecule has 2 nitrogen and oxygen atoms in total.